The number of halogens is 6. The fourth-order valence-electron chi connectivity index (χ4n) is 3.79. The average Bonchev–Trinajstić information content (AvgIpc) is 3.22. The van der Waals surface area contributed by atoms with E-state index in [0.717, 1.165) is 31.4 Å². The van der Waals surface area contributed by atoms with Gasteiger partial charge in [-0.15, -0.1) is 0 Å². The highest BCUT2D eigenvalue weighted by Gasteiger charge is 2.39. The maximum Gasteiger partial charge on any atom is 0.437 e. The molecule has 0 aliphatic rings. The van der Waals surface area contributed by atoms with Crippen molar-refractivity contribution < 1.29 is 45.1 Å². The van der Waals surface area contributed by atoms with Crippen molar-refractivity contribution in [2.24, 2.45) is 0 Å². The molecule has 35 heavy (non-hydrogen) atoms. The quantitative estimate of drug-likeness (QED) is 0.243. The summed E-state index contributed by atoms with van der Waals surface area (Å²) in [5, 5.41) is 3.00. The Morgan fingerprint density at radius 3 is 2.14 bits per heavy atom. The summed E-state index contributed by atoms with van der Waals surface area (Å²) < 4.78 is 95.3. The number of methoxy groups -OCH3 is 1. The molecule has 190 valence electrons. The van der Waals surface area contributed by atoms with Crippen LogP contribution in [0.5, 0.6) is 5.75 Å². The van der Waals surface area contributed by atoms with Gasteiger partial charge in [0.15, 0.2) is 11.3 Å². The van der Waals surface area contributed by atoms with Crippen LogP contribution in [0.4, 0.5) is 26.3 Å². The summed E-state index contributed by atoms with van der Waals surface area (Å²) in [6, 6.07) is 5.08. The van der Waals surface area contributed by atoms with Gasteiger partial charge in [0.1, 0.15) is 5.75 Å². The minimum atomic E-state index is -4.74. The van der Waals surface area contributed by atoms with Crippen LogP contribution in [0, 0.1) is 0 Å². The monoisotopic (exact) mass is 503 g/mol. The largest absolute Gasteiger partial charge is 0.473 e. The number of hydrogen-bond acceptors (Lipinski definition) is 5. The van der Waals surface area contributed by atoms with Crippen LogP contribution in [0.3, 0.4) is 0 Å². The topological polar surface area (TPSA) is 61.6 Å². The van der Waals surface area contributed by atoms with E-state index in [1.54, 1.807) is 6.92 Å². The van der Waals surface area contributed by atoms with Crippen molar-refractivity contribution in [2.75, 3.05) is 7.11 Å². The number of ether oxygens (including phenoxy) is 2. The van der Waals surface area contributed by atoms with E-state index in [0.29, 0.717) is 24.8 Å². The minimum Gasteiger partial charge on any atom is -0.473 e. The van der Waals surface area contributed by atoms with Crippen molar-refractivity contribution >= 4 is 16.9 Å². The van der Waals surface area contributed by atoms with E-state index >= 15 is 0 Å². The number of hydrogen-bond donors (Lipinski definition) is 0. The lowest BCUT2D eigenvalue weighted by Gasteiger charge is -2.22. The molecule has 0 bridgehead atoms. The Morgan fingerprint density at radius 1 is 1.00 bits per heavy atom. The zero-order valence-electron chi connectivity index (χ0n) is 19.1. The first-order valence-electron chi connectivity index (χ1n) is 10.8. The van der Waals surface area contributed by atoms with E-state index in [4.69, 9.17) is 14.0 Å². The number of esters is 1. The van der Waals surface area contributed by atoms with E-state index in [1.807, 2.05) is 6.92 Å². The van der Waals surface area contributed by atoms with Gasteiger partial charge >= 0.3 is 18.3 Å². The number of aromatic nitrogens is 1. The van der Waals surface area contributed by atoms with E-state index in [9.17, 15) is 31.1 Å². The van der Waals surface area contributed by atoms with Crippen molar-refractivity contribution in [2.45, 2.75) is 58.0 Å². The van der Waals surface area contributed by atoms with Gasteiger partial charge in [-0.1, -0.05) is 44.0 Å². The van der Waals surface area contributed by atoms with Crippen LogP contribution in [0.25, 0.3) is 11.0 Å². The molecule has 11 heteroatoms. The summed E-state index contributed by atoms with van der Waals surface area (Å²) in [4.78, 5) is 12.6. The molecule has 3 rings (SSSR count). The molecule has 0 fully saturated rings. The maximum atomic E-state index is 13.5. The summed E-state index contributed by atoms with van der Waals surface area (Å²) in [5.74, 6) is -0.760. The highest BCUT2D eigenvalue weighted by Crippen LogP contribution is 2.42. The van der Waals surface area contributed by atoms with Gasteiger partial charge in [-0.2, -0.15) is 26.3 Å². The van der Waals surface area contributed by atoms with E-state index in [-0.39, 0.29) is 34.3 Å². The second-order valence-electron chi connectivity index (χ2n) is 7.89. The fourth-order valence-corrected chi connectivity index (χ4v) is 3.79. The molecule has 3 aromatic rings. The van der Waals surface area contributed by atoms with E-state index in [1.165, 1.54) is 6.07 Å². The highest BCUT2D eigenvalue weighted by atomic mass is 19.4. The van der Waals surface area contributed by atoms with E-state index in [2.05, 4.69) is 5.16 Å². The normalized spacial score (nSPS) is 13.2. The summed E-state index contributed by atoms with van der Waals surface area (Å²) in [5.41, 5.74) is -1.43. The zero-order chi connectivity index (χ0) is 26.0. The molecule has 1 heterocycles. The van der Waals surface area contributed by atoms with Gasteiger partial charge in [-0.25, -0.2) is 4.79 Å². The van der Waals surface area contributed by atoms with E-state index < -0.39 is 35.7 Å². The standard InChI is InChI=1S/C24H23F6NO4/c1-4-6-14-12-17-20(35-31-21(17)24(28,29)30)16(7-5-2)18(14)34-19(22(32)33-3)13-8-10-15(11-9-13)23(25,26)27/h8-12,19H,4-7H2,1-3H3. The van der Waals surface area contributed by atoms with Crippen LogP contribution < -0.4 is 4.74 Å². The number of benzene rings is 2. The summed E-state index contributed by atoms with van der Waals surface area (Å²) in [6.45, 7) is 3.62. The zero-order valence-corrected chi connectivity index (χ0v) is 19.1. The Bertz CT molecular complexity index is 1180. The number of carbonyl (C=O) groups is 1. The Morgan fingerprint density at radius 2 is 1.63 bits per heavy atom. The number of aryl methyl sites for hydroxylation is 2. The molecule has 1 atom stereocenters. The van der Waals surface area contributed by atoms with Crippen LogP contribution in [-0.4, -0.2) is 18.2 Å². The highest BCUT2D eigenvalue weighted by molar-refractivity contribution is 5.87. The third-order valence-electron chi connectivity index (χ3n) is 5.37. The van der Waals surface area contributed by atoms with Crippen LogP contribution in [0.1, 0.15) is 60.7 Å². The lowest BCUT2D eigenvalue weighted by atomic mass is 9.97. The lowest BCUT2D eigenvalue weighted by Crippen LogP contribution is -2.22. The van der Waals surface area contributed by atoms with Gasteiger partial charge in [0.05, 0.1) is 18.1 Å². The second-order valence-corrected chi connectivity index (χ2v) is 7.89. The summed E-state index contributed by atoms with van der Waals surface area (Å²) >= 11 is 0. The average molecular weight is 503 g/mol. The predicted molar refractivity (Wildman–Crippen MR) is 114 cm³/mol. The first-order chi connectivity index (χ1) is 16.4. The molecule has 0 aliphatic carbocycles. The van der Waals surface area contributed by atoms with Crippen LogP contribution >= 0.6 is 0 Å². The van der Waals surface area contributed by atoms with Gasteiger partial charge in [0.2, 0.25) is 6.10 Å². The van der Waals surface area contributed by atoms with Crippen molar-refractivity contribution in [3.05, 3.63) is 58.3 Å². The molecule has 0 amide bonds. The third-order valence-corrected chi connectivity index (χ3v) is 5.37. The van der Waals surface area contributed by atoms with Gasteiger partial charge < -0.3 is 14.0 Å². The third kappa shape index (κ3) is 5.54. The molecule has 1 aromatic heterocycles. The Labute approximate surface area is 197 Å². The smallest absolute Gasteiger partial charge is 0.437 e. The van der Waals surface area contributed by atoms with Gasteiger partial charge in [-0.3, -0.25) is 0 Å². The SMILES string of the molecule is CCCc1cc2c(C(F)(F)F)noc2c(CCC)c1OC(C(=O)OC)c1ccc(C(F)(F)F)cc1. The number of alkyl halides is 6. The molecule has 2 aromatic carbocycles. The number of fused-ring (bicyclic) bond motifs is 1. The molecule has 0 radical (unpaired) electrons. The van der Waals surface area contributed by atoms with Crippen LogP contribution in [0.15, 0.2) is 34.9 Å². The van der Waals surface area contributed by atoms with Crippen molar-refractivity contribution in [1.29, 1.82) is 0 Å². The van der Waals surface area contributed by atoms with Gasteiger partial charge in [-0.05, 0) is 36.6 Å². The molecule has 0 spiro atoms. The van der Waals surface area contributed by atoms with Gasteiger partial charge in [0.25, 0.3) is 0 Å². The van der Waals surface area contributed by atoms with Crippen molar-refractivity contribution in [3.8, 4) is 5.75 Å². The summed E-state index contributed by atoms with van der Waals surface area (Å²) in [6.07, 6.45) is -9.17. The Hall–Kier alpha value is -3.24. The molecular weight excluding hydrogens is 480 g/mol. The molecular formula is C24H23F6NO4. The second kappa shape index (κ2) is 10.2. The molecule has 0 N–H and O–H groups in total. The number of nitrogens with zero attached hydrogens (tertiary/aromatic N) is 1. The molecule has 0 saturated heterocycles. The lowest BCUT2D eigenvalue weighted by molar-refractivity contribution is -0.149. The predicted octanol–water partition coefficient (Wildman–Crippen LogP) is 7.06. The summed E-state index contributed by atoms with van der Waals surface area (Å²) in [7, 11) is 1.10. The van der Waals surface area contributed by atoms with Crippen LogP contribution in [-0.2, 0) is 34.7 Å². The van der Waals surface area contributed by atoms with Gasteiger partial charge in [0, 0.05) is 11.1 Å². The molecule has 1 unspecified atom stereocenters. The fraction of sp³-hybridized carbons (Fsp3) is 0.417. The number of rotatable bonds is 8. The number of carbonyl (C=O) groups excluding carboxylic acids is 1. The molecule has 5 nitrogen and oxygen atoms in total. The minimum absolute atomic E-state index is 0.0865. The van der Waals surface area contributed by atoms with Crippen molar-refractivity contribution in [1.82, 2.24) is 5.16 Å². The maximum absolute atomic E-state index is 13.5. The molecule has 0 saturated carbocycles. The first-order valence-corrected chi connectivity index (χ1v) is 10.8. The Balaban J connectivity index is 2.18. The van der Waals surface area contributed by atoms with Crippen LogP contribution in [0.2, 0.25) is 0 Å². The Kier molecular flexibility index (Phi) is 7.66. The molecule has 0 aliphatic heterocycles. The first kappa shape index (κ1) is 26.4. The van der Waals surface area contributed by atoms with Crippen molar-refractivity contribution in [3.63, 3.8) is 0 Å².